The van der Waals surface area contributed by atoms with E-state index in [0.717, 1.165) is 44.4 Å². The molecule has 4 rings (SSSR count). The molecule has 1 unspecified atom stereocenters. The Morgan fingerprint density at radius 2 is 1.90 bits per heavy atom. The van der Waals surface area contributed by atoms with Crippen molar-refractivity contribution in [2.24, 2.45) is 4.99 Å². The van der Waals surface area contributed by atoms with Crippen molar-refractivity contribution >= 4 is 29.9 Å². The zero-order valence-corrected chi connectivity index (χ0v) is 20.2. The van der Waals surface area contributed by atoms with E-state index in [4.69, 9.17) is 4.42 Å². The number of benzene rings is 1. The largest absolute Gasteiger partial charge is 0.468 e. The summed E-state index contributed by atoms with van der Waals surface area (Å²) in [6.07, 6.45) is 9.87. The molecule has 1 saturated heterocycles. The summed E-state index contributed by atoms with van der Waals surface area (Å²) in [4.78, 5) is 11.0. The van der Waals surface area contributed by atoms with Crippen molar-refractivity contribution in [1.82, 2.24) is 25.1 Å². The molecule has 31 heavy (non-hydrogen) atoms. The maximum Gasteiger partial charge on any atom is 0.191 e. The average Bonchev–Trinajstić information content (AvgIpc) is 3.56. The summed E-state index contributed by atoms with van der Waals surface area (Å²) in [6.45, 7) is 4.55. The van der Waals surface area contributed by atoms with E-state index >= 15 is 0 Å². The summed E-state index contributed by atoms with van der Waals surface area (Å²) in [5.74, 6) is 1.81. The van der Waals surface area contributed by atoms with Gasteiger partial charge in [-0.25, -0.2) is 4.98 Å². The molecule has 1 aromatic carbocycles. The third-order valence-corrected chi connectivity index (χ3v) is 5.55. The van der Waals surface area contributed by atoms with E-state index in [1.807, 2.05) is 18.6 Å². The van der Waals surface area contributed by atoms with Crippen LogP contribution in [0.5, 0.6) is 0 Å². The minimum Gasteiger partial charge on any atom is -0.468 e. The van der Waals surface area contributed by atoms with Crippen LogP contribution in [0.2, 0.25) is 0 Å². The molecular formula is C23H31IN6O. The molecule has 1 fully saturated rings. The molecule has 0 radical (unpaired) electrons. The molecule has 1 atom stereocenters. The molecule has 166 valence electrons. The van der Waals surface area contributed by atoms with Crippen LogP contribution in [0, 0.1) is 0 Å². The van der Waals surface area contributed by atoms with Gasteiger partial charge in [0.15, 0.2) is 5.96 Å². The van der Waals surface area contributed by atoms with Crippen LogP contribution in [0.25, 0.3) is 0 Å². The fraction of sp³-hybridized carbons (Fsp3) is 0.391. The summed E-state index contributed by atoms with van der Waals surface area (Å²) >= 11 is 0. The number of hydrogen-bond acceptors (Lipinski definition) is 4. The lowest BCUT2D eigenvalue weighted by Gasteiger charge is -2.26. The predicted octanol–water partition coefficient (Wildman–Crippen LogP) is 3.64. The van der Waals surface area contributed by atoms with Crippen LogP contribution < -0.4 is 10.6 Å². The lowest BCUT2D eigenvalue weighted by Crippen LogP contribution is -2.42. The lowest BCUT2D eigenvalue weighted by molar-refractivity contribution is 0.215. The highest BCUT2D eigenvalue weighted by molar-refractivity contribution is 14.0. The molecule has 3 aromatic rings. The molecule has 0 bridgehead atoms. The first-order valence-electron chi connectivity index (χ1n) is 10.6. The van der Waals surface area contributed by atoms with E-state index in [-0.39, 0.29) is 30.0 Å². The van der Waals surface area contributed by atoms with Crippen molar-refractivity contribution in [2.45, 2.75) is 32.0 Å². The molecule has 2 N–H and O–H groups in total. The van der Waals surface area contributed by atoms with Gasteiger partial charge in [0.05, 0.1) is 18.6 Å². The van der Waals surface area contributed by atoms with Crippen LogP contribution in [-0.2, 0) is 13.1 Å². The van der Waals surface area contributed by atoms with Crippen LogP contribution in [0.15, 0.2) is 70.8 Å². The van der Waals surface area contributed by atoms with Gasteiger partial charge < -0.3 is 19.6 Å². The van der Waals surface area contributed by atoms with E-state index in [1.54, 1.807) is 19.5 Å². The highest BCUT2D eigenvalue weighted by Crippen LogP contribution is 2.24. The Bertz CT molecular complexity index is 902. The van der Waals surface area contributed by atoms with Crippen molar-refractivity contribution < 1.29 is 4.42 Å². The first-order valence-corrected chi connectivity index (χ1v) is 10.6. The Morgan fingerprint density at radius 1 is 1.13 bits per heavy atom. The maximum absolute atomic E-state index is 5.70. The Hall–Kier alpha value is -2.33. The first kappa shape index (κ1) is 23.3. The minimum atomic E-state index is 0. The van der Waals surface area contributed by atoms with Gasteiger partial charge in [0.2, 0.25) is 0 Å². The van der Waals surface area contributed by atoms with Gasteiger partial charge in [-0.3, -0.25) is 9.89 Å². The van der Waals surface area contributed by atoms with Gasteiger partial charge in [-0.15, -0.1) is 24.0 Å². The number of likely N-dealkylation sites (tertiary alicyclic amines) is 1. The van der Waals surface area contributed by atoms with Crippen molar-refractivity contribution in [1.29, 1.82) is 0 Å². The van der Waals surface area contributed by atoms with Gasteiger partial charge in [0, 0.05) is 39.1 Å². The summed E-state index contributed by atoms with van der Waals surface area (Å²) in [6, 6.07) is 12.9. The number of nitrogens with one attached hydrogen (secondary N) is 2. The second-order valence-electron chi connectivity index (χ2n) is 7.63. The van der Waals surface area contributed by atoms with Crippen molar-refractivity contribution in [3.63, 3.8) is 0 Å². The molecule has 1 aliphatic heterocycles. The van der Waals surface area contributed by atoms with Gasteiger partial charge in [0.25, 0.3) is 0 Å². The molecule has 7 nitrogen and oxygen atoms in total. The smallest absolute Gasteiger partial charge is 0.191 e. The second-order valence-corrected chi connectivity index (χ2v) is 7.63. The minimum absolute atomic E-state index is 0. The maximum atomic E-state index is 5.70. The summed E-state index contributed by atoms with van der Waals surface area (Å²) in [7, 11) is 1.81. The van der Waals surface area contributed by atoms with Gasteiger partial charge in [-0.05, 0) is 49.2 Å². The molecule has 0 amide bonds. The number of hydrogen-bond donors (Lipinski definition) is 2. The second kappa shape index (κ2) is 11.9. The molecule has 0 spiro atoms. The molecule has 2 aromatic heterocycles. The van der Waals surface area contributed by atoms with E-state index in [1.165, 1.54) is 24.0 Å². The number of furan rings is 1. The standard InChI is InChI=1S/C23H30N6O.HI/c1-24-23(27-16-21(22-5-4-14-30-22)29-11-2-3-12-29)26-15-19-6-8-20(9-7-19)17-28-13-10-25-18-28;/h4-10,13-14,18,21H,2-3,11-12,15-17H2,1H3,(H2,24,26,27);1H. The molecule has 0 saturated carbocycles. The summed E-state index contributed by atoms with van der Waals surface area (Å²) in [5, 5.41) is 6.89. The van der Waals surface area contributed by atoms with E-state index < -0.39 is 0 Å². The van der Waals surface area contributed by atoms with Crippen LogP contribution in [0.4, 0.5) is 0 Å². The third-order valence-electron chi connectivity index (χ3n) is 5.55. The number of aromatic nitrogens is 2. The number of imidazole rings is 1. The zero-order chi connectivity index (χ0) is 20.6. The predicted molar refractivity (Wildman–Crippen MR) is 134 cm³/mol. The lowest BCUT2D eigenvalue weighted by atomic mass is 10.1. The normalized spacial score (nSPS) is 15.5. The first-order chi connectivity index (χ1) is 14.8. The highest BCUT2D eigenvalue weighted by Gasteiger charge is 2.25. The van der Waals surface area contributed by atoms with Crippen LogP contribution in [0.1, 0.15) is 35.8 Å². The molecule has 0 aliphatic carbocycles. The Kier molecular flexibility index (Phi) is 8.96. The van der Waals surface area contributed by atoms with Gasteiger partial charge >= 0.3 is 0 Å². The third kappa shape index (κ3) is 6.57. The fourth-order valence-electron chi connectivity index (χ4n) is 3.90. The zero-order valence-electron chi connectivity index (χ0n) is 17.9. The monoisotopic (exact) mass is 534 g/mol. The quantitative estimate of drug-likeness (QED) is 0.263. The van der Waals surface area contributed by atoms with Crippen LogP contribution in [-0.4, -0.2) is 47.1 Å². The van der Waals surface area contributed by atoms with E-state index in [0.29, 0.717) is 0 Å². The Morgan fingerprint density at radius 3 is 2.55 bits per heavy atom. The average molecular weight is 534 g/mol. The fourth-order valence-corrected chi connectivity index (χ4v) is 3.90. The number of halogens is 1. The molecule has 8 heteroatoms. The Balaban J connectivity index is 0.00000272. The van der Waals surface area contributed by atoms with Gasteiger partial charge in [0.1, 0.15) is 5.76 Å². The molecule has 3 heterocycles. The Labute approximate surface area is 201 Å². The SMILES string of the molecule is CN=C(NCc1ccc(Cn2ccnc2)cc1)NCC(c1ccco1)N1CCCC1.I. The van der Waals surface area contributed by atoms with Gasteiger partial charge in [-0.2, -0.15) is 0 Å². The topological polar surface area (TPSA) is 70.6 Å². The van der Waals surface area contributed by atoms with E-state index in [2.05, 4.69) is 60.4 Å². The van der Waals surface area contributed by atoms with Crippen LogP contribution in [0.3, 0.4) is 0 Å². The van der Waals surface area contributed by atoms with Gasteiger partial charge in [-0.1, -0.05) is 24.3 Å². The number of aliphatic imine (C=N–C) groups is 1. The number of rotatable bonds is 8. The van der Waals surface area contributed by atoms with E-state index in [9.17, 15) is 0 Å². The van der Waals surface area contributed by atoms with Crippen molar-refractivity contribution in [2.75, 3.05) is 26.7 Å². The van der Waals surface area contributed by atoms with Crippen LogP contribution >= 0.6 is 24.0 Å². The number of guanidine groups is 1. The summed E-state index contributed by atoms with van der Waals surface area (Å²) < 4.78 is 7.77. The summed E-state index contributed by atoms with van der Waals surface area (Å²) in [5.41, 5.74) is 2.47. The molecule has 1 aliphatic rings. The van der Waals surface area contributed by atoms with Crippen molar-refractivity contribution in [3.05, 3.63) is 78.3 Å². The molecular weight excluding hydrogens is 503 g/mol. The highest BCUT2D eigenvalue weighted by atomic mass is 127. The number of nitrogens with zero attached hydrogens (tertiary/aromatic N) is 4. The van der Waals surface area contributed by atoms with Crippen molar-refractivity contribution in [3.8, 4) is 0 Å².